The molecule has 0 aliphatic carbocycles. The van der Waals surface area contributed by atoms with E-state index in [0.29, 0.717) is 17.4 Å². The Bertz CT molecular complexity index is 654. The largest absolute Gasteiger partial charge is 0.445 e. The van der Waals surface area contributed by atoms with Crippen molar-refractivity contribution >= 4 is 28.1 Å². The molecule has 0 spiro atoms. The molecule has 0 saturated heterocycles. The minimum atomic E-state index is -0.448. The molecule has 120 valence electrons. The molecule has 0 aromatic heterocycles. The molecule has 0 atom stereocenters. The van der Waals surface area contributed by atoms with Gasteiger partial charge in [0.25, 0.3) is 0 Å². The van der Waals surface area contributed by atoms with Crippen molar-refractivity contribution < 1.29 is 13.9 Å². The molecule has 0 bridgehead atoms. The van der Waals surface area contributed by atoms with Gasteiger partial charge in [-0.3, -0.25) is 0 Å². The van der Waals surface area contributed by atoms with Gasteiger partial charge in [0.15, 0.2) is 0 Å². The SMILES string of the molecule is O=C(NCCC=Cc1cc(F)cc(Br)c1)OCc1ccccc1. The van der Waals surface area contributed by atoms with Crippen LogP contribution in [0.3, 0.4) is 0 Å². The van der Waals surface area contributed by atoms with Crippen molar-refractivity contribution in [2.45, 2.75) is 13.0 Å². The Kier molecular flexibility index (Phi) is 6.81. The molecule has 1 amide bonds. The average molecular weight is 378 g/mol. The first-order valence-electron chi connectivity index (χ1n) is 7.20. The minimum Gasteiger partial charge on any atom is -0.445 e. The summed E-state index contributed by atoms with van der Waals surface area (Å²) in [6.45, 7) is 0.709. The Morgan fingerprint density at radius 3 is 2.74 bits per heavy atom. The van der Waals surface area contributed by atoms with Crippen LogP contribution in [0.2, 0.25) is 0 Å². The van der Waals surface area contributed by atoms with Gasteiger partial charge in [-0.1, -0.05) is 58.4 Å². The summed E-state index contributed by atoms with van der Waals surface area (Å²) in [7, 11) is 0. The lowest BCUT2D eigenvalue weighted by Crippen LogP contribution is -2.24. The zero-order chi connectivity index (χ0) is 16.5. The third kappa shape index (κ3) is 6.65. The molecular formula is C18H17BrFNO2. The zero-order valence-electron chi connectivity index (χ0n) is 12.5. The van der Waals surface area contributed by atoms with Crippen LogP contribution in [-0.2, 0) is 11.3 Å². The minimum absolute atomic E-state index is 0.250. The number of amides is 1. The molecule has 23 heavy (non-hydrogen) atoms. The maximum atomic E-state index is 13.2. The zero-order valence-corrected chi connectivity index (χ0v) is 14.1. The lowest BCUT2D eigenvalue weighted by molar-refractivity contribution is 0.140. The van der Waals surface area contributed by atoms with E-state index in [4.69, 9.17) is 4.74 Å². The van der Waals surface area contributed by atoms with E-state index >= 15 is 0 Å². The van der Waals surface area contributed by atoms with Gasteiger partial charge in [-0.15, -0.1) is 0 Å². The van der Waals surface area contributed by atoms with Crippen molar-refractivity contribution in [2.75, 3.05) is 6.54 Å². The number of hydrogen-bond acceptors (Lipinski definition) is 2. The fraction of sp³-hybridized carbons (Fsp3) is 0.167. The van der Waals surface area contributed by atoms with Gasteiger partial charge < -0.3 is 10.1 Å². The molecule has 0 saturated carbocycles. The van der Waals surface area contributed by atoms with Gasteiger partial charge in [-0.25, -0.2) is 9.18 Å². The van der Waals surface area contributed by atoms with Crippen LogP contribution in [0.1, 0.15) is 17.5 Å². The first-order chi connectivity index (χ1) is 11.1. The number of carbonyl (C=O) groups excluding carboxylic acids is 1. The second-order valence-electron chi connectivity index (χ2n) is 4.88. The summed E-state index contributed by atoms with van der Waals surface area (Å²) in [6.07, 6.45) is 3.87. The summed E-state index contributed by atoms with van der Waals surface area (Å²) in [4.78, 5) is 11.5. The highest BCUT2D eigenvalue weighted by Gasteiger charge is 2.01. The number of alkyl carbamates (subject to hydrolysis) is 1. The van der Waals surface area contributed by atoms with Gasteiger partial charge >= 0.3 is 6.09 Å². The third-order valence-corrected chi connectivity index (χ3v) is 3.45. The molecule has 2 aromatic rings. The normalized spacial score (nSPS) is 10.7. The van der Waals surface area contributed by atoms with Gasteiger partial charge in [-0.05, 0) is 35.7 Å². The second-order valence-corrected chi connectivity index (χ2v) is 5.80. The van der Waals surface area contributed by atoms with Gasteiger partial charge in [0, 0.05) is 11.0 Å². The Labute approximate surface area is 143 Å². The van der Waals surface area contributed by atoms with Crippen LogP contribution in [-0.4, -0.2) is 12.6 Å². The number of nitrogens with one attached hydrogen (secondary N) is 1. The van der Waals surface area contributed by atoms with E-state index in [2.05, 4.69) is 21.2 Å². The quantitative estimate of drug-likeness (QED) is 0.725. The predicted octanol–water partition coefficient (Wildman–Crippen LogP) is 4.92. The number of ether oxygens (including phenoxy) is 1. The predicted molar refractivity (Wildman–Crippen MR) is 92.4 cm³/mol. The molecule has 0 unspecified atom stereocenters. The molecule has 0 aliphatic heterocycles. The Morgan fingerprint density at radius 1 is 1.22 bits per heavy atom. The number of hydrogen-bond donors (Lipinski definition) is 1. The first kappa shape index (κ1) is 17.2. The Hall–Kier alpha value is -2.14. The highest BCUT2D eigenvalue weighted by Crippen LogP contribution is 2.16. The monoisotopic (exact) mass is 377 g/mol. The van der Waals surface area contributed by atoms with E-state index in [-0.39, 0.29) is 12.4 Å². The molecule has 1 N–H and O–H groups in total. The van der Waals surface area contributed by atoms with Crippen LogP contribution in [0.25, 0.3) is 6.08 Å². The van der Waals surface area contributed by atoms with Crippen LogP contribution in [0, 0.1) is 5.82 Å². The molecule has 0 radical (unpaired) electrons. The van der Waals surface area contributed by atoms with Gasteiger partial charge in [0.05, 0.1) is 0 Å². The average Bonchev–Trinajstić information content (AvgIpc) is 2.53. The summed E-state index contributed by atoms with van der Waals surface area (Å²) in [5.41, 5.74) is 1.71. The van der Waals surface area contributed by atoms with Crippen LogP contribution >= 0.6 is 15.9 Å². The smallest absolute Gasteiger partial charge is 0.407 e. The van der Waals surface area contributed by atoms with E-state index in [1.807, 2.05) is 48.6 Å². The van der Waals surface area contributed by atoms with Crippen LogP contribution in [0.5, 0.6) is 0 Å². The summed E-state index contributed by atoms with van der Waals surface area (Å²) in [5, 5.41) is 2.67. The summed E-state index contributed by atoms with van der Waals surface area (Å²) >= 11 is 3.24. The molecule has 5 heteroatoms. The first-order valence-corrected chi connectivity index (χ1v) is 8.00. The molecule has 0 heterocycles. The highest BCUT2D eigenvalue weighted by atomic mass is 79.9. The van der Waals surface area contributed by atoms with Crippen molar-refractivity contribution in [2.24, 2.45) is 0 Å². The van der Waals surface area contributed by atoms with E-state index in [1.165, 1.54) is 12.1 Å². The van der Waals surface area contributed by atoms with Crippen molar-refractivity contribution in [3.63, 3.8) is 0 Å². The van der Waals surface area contributed by atoms with E-state index in [9.17, 15) is 9.18 Å². The van der Waals surface area contributed by atoms with Gasteiger partial charge in [0.2, 0.25) is 0 Å². The second kappa shape index (κ2) is 9.10. The molecule has 0 aliphatic rings. The van der Waals surface area contributed by atoms with Gasteiger partial charge in [-0.2, -0.15) is 0 Å². The van der Waals surface area contributed by atoms with E-state index in [1.54, 1.807) is 0 Å². The number of halogens is 2. The number of rotatable bonds is 6. The van der Waals surface area contributed by atoms with Crippen molar-refractivity contribution in [3.05, 3.63) is 76.0 Å². The fourth-order valence-corrected chi connectivity index (χ4v) is 2.41. The molecular weight excluding hydrogens is 361 g/mol. The van der Waals surface area contributed by atoms with E-state index in [0.717, 1.165) is 11.1 Å². The van der Waals surface area contributed by atoms with Crippen molar-refractivity contribution in [3.8, 4) is 0 Å². The van der Waals surface area contributed by atoms with Crippen molar-refractivity contribution in [1.29, 1.82) is 0 Å². The maximum Gasteiger partial charge on any atom is 0.407 e. The standard InChI is InChI=1S/C18H17BrFNO2/c19-16-10-15(11-17(20)12-16)8-4-5-9-21-18(22)23-13-14-6-2-1-3-7-14/h1-4,6-8,10-12H,5,9,13H2,(H,21,22). The fourth-order valence-electron chi connectivity index (χ4n) is 1.92. The summed E-state index contributed by atoms with van der Waals surface area (Å²) in [6, 6.07) is 14.2. The Balaban J connectivity index is 1.66. The highest BCUT2D eigenvalue weighted by molar-refractivity contribution is 9.10. The number of benzene rings is 2. The lowest BCUT2D eigenvalue weighted by Gasteiger charge is -2.05. The molecule has 2 rings (SSSR count). The Morgan fingerprint density at radius 2 is 2.00 bits per heavy atom. The van der Waals surface area contributed by atoms with E-state index < -0.39 is 6.09 Å². The summed E-state index contributed by atoms with van der Waals surface area (Å²) in [5.74, 6) is -0.290. The summed E-state index contributed by atoms with van der Waals surface area (Å²) < 4.78 is 19.0. The molecule has 2 aromatic carbocycles. The number of carbonyl (C=O) groups is 1. The molecule has 0 fully saturated rings. The third-order valence-electron chi connectivity index (χ3n) is 2.99. The molecule has 3 nitrogen and oxygen atoms in total. The topological polar surface area (TPSA) is 38.3 Å². The van der Waals surface area contributed by atoms with Crippen LogP contribution in [0.4, 0.5) is 9.18 Å². The lowest BCUT2D eigenvalue weighted by atomic mass is 10.2. The van der Waals surface area contributed by atoms with Crippen LogP contribution < -0.4 is 5.32 Å². The van der Waals surface area contributed by atoms with Crippen molar-refractivity contribution in [1.82, 2.24) is 5.32 Å². The van der Waals surface area contributed by atoms with Crippen LogP contribution in [0.15, 0.2) is 59.1 Å². The van der Waals surface area contributed by atoms with Gasteiger partial charge in [0.1, 0.15) is 12.4 Å². The maximum absolute atomic E-state index is 13.2.